The highest BCUT2D eigenvalue weighted by atomic mass is 16.5. The van der Waals surface area contributed by atoms with Gasteiger partial charge in [0.2, 0.25) is 11.8 Å². The van der Waals surface area contributed by atoms with Crippen molar-refractivity contribution in [2.24, 2.45) is 17.8 Å². The van der Waals surface area contributed by atoms with Gasteiger partial charge >= 0.3 is 0 Å². The number of methoxy groups -OCH3 is 1. The molecule has 6 heteroatoms. The number of carbonyl (C=O) groups excluding carboxylic acids is 2. The highest BCUT2D eigenvalue weighted by Gasteiger charge is 2.51. The van der Waals surface area contributed by atoms with Crippen molar-refractivity contribution in [3.05, 3.63) is 0 Å². The number of hydrogen-bond donors (Lipinski definition) is 1. The van der Waals surface area contributed by atoms with Crippen LogP contribution in [0.3, 0.4) is 0 Å². The molecular formula is C20H33N3O3. The predicted octanol–water partition coefficient (Wildman–Crippen LogP) is 1.25. The van der Waals surface area contributed by atoms with Crippen LogP contribution in [0.5, 0.6) is 0 Å². The van der Waals surface area contributed by atoms with Crippen molar-refractivity contribution in [1.82, 2.24) is 15.1 Å². The Balaban J connectivity index is 1.31. The van der Waals surface area contributed by atoms with Crippen LogP contribution < -0.4 is 5.32 Å². The molecule has 4 bridgehead atoms. The summed E-state index contributed by atoms with van der Waals surface area (Å²) in [4.78, 5) is 29.0. The maximum Gasteiger partial charge on any atom is 0.248 e. The van der Waals surface area contributed by atoms with Gasteiger partial charge in [0.05, 0.1) is 6.04 Å². The van der Waals surface area contributed by atoms with Crippen molar-refractivity contribution in [3.8, 4) is 0 Å². The van der Waals surface area contributed by atoms with E-state index in [4.69, 9.17) is 4.74 Å². The summed E-state index contributed by atoms with van der Waals surface area (Å²) >= 11 is 0. The van der Waals surface area contributed by atoms with Gasteiger partial charge in [-0.3, -0.25) is 14.5 Å². The van der Waals surface area contributed by atoms with Crippen molar-refractivity contribution >= 4 is 11.8 Å². The fourth-order valence-corrected chi connectivity index (χ4v) is 6.37. The zero-order valence-electron chi connectivity index (χ0n) is 16.2. The minimum Gasteiger partial charge on any atom is -0.375 e. The number of nitrogens with zero attached hydrogens (tertiary/aromatic N) is 2. The first-order valence-corrected chi connectivity index (χ1v) is 10.3. The molecule has 1 aliphatic heterocycles. The maximum absolute atomic E-state index is 13.0. The van der Waals surface area contributed by atoms with Crippen LogP contribution in [-0.4, -0.2) is 73.1 Å². The van der Waals surface area contributed by atoms with Gasteiger partial charge in [-0.1, -0.05) is 0 Å². The molecular weight excluding hydrogens is 330 g/mol. The van der Waals surface area contributed by atoms with E-state index in [9.17, 15) is 9.59 Å². The molecule has 1 N–H and O–H groups in total. The van der Waals surface area contributed by atoms with E-state index in [1.54, 1.807) is 7.11 Å². The number of amides is 2. The Kier molecular flexibility index (Phi) is 4.99. The van der Waals surface area contributed by atoms with Gasteiger partial charge in [-0.15, -0.1) is 0 Å². The van der Waals surface area contributed by atoms with Crippen molar-refractivity contribution in [2.45, 2.75) is 57.0 Å². The summed E-state index contributed by atoms with van der Waals surface area (Å²) in [7, 11) is 1.55. The van der Waals surface area contributed by atoms with Crippen LogP contribution in [0.2, 0.25) is 0 Å². The predicted molar refractivity (Wildman–Crippen MR) is 98.5 cm³/mol. The Morgan fingerprint density at radius 1 is 1.04 bits per heavy atom. The van der Waals surface area contributed by atoms with Gasteiger partial charge < -0.3 is 15.0 Å². The summed E-state index contributed by atoms with van der Waals surface area (Å²) in [6, 6.07) is -0.123. The average molecular weight is 364 g/mol. The Labute approximate surface area is 156 Å². The summed E-state index contributed by atoms with van der Waals surface area (Å²) < 4.78 is 4.93. The molecule has 4 saturated carbocycles. The molecule has 6 nitrogen and oxygen atoms in total. The molecule has 0 aromatic carbocycles. The minimum absolute atomic E-state index is 0.0396. The topological polar surface area (TPSA) is 61.9 Å². The van der Waals surface area contributed by atoms with Gasteiger partial charge in [-0.25, -0.2) is 0 Å². The summed E-state index contributed by atoms with van der Waals surface area (Å²) in [5.74, 6) is 2.74. The van der Waals surface area contributed by atoms with E-state index in [0.717, 1.165) is 30.8 Å². The van der Waals surface area contributed by atoms with Gasteiger partial charge in [0, 0.05) is 38.8 Å². The number of rotatable bonds is 5. The lowest BCUT2D eigenvalue weighted by Crippen LogP contribution is -2.63. The van der Waals surface area contributed by atoms with E-state index in [0.29, 0.717) is 13.1 Å². The Bertz CT molecular complexity index is 521. The van der Waals surface area contributed by atoms with Crippen LogP contribution in [-0.2, 0) is 14.3 Å². The summed E-state index contributed by atoms with van der Waals surface area (Å²) in [6.07, 6.45) is 7.75. The first-order chi connectivity index (χ1) is 12.5. The number of ether oxygens (including phenoxy) is 1. The quantitative estimate of drug-likeness (QED) is 0.799. The highest BCUT2D eigenvalue weighted by molar-refractivity contribution is 5.82. The zero-order valence-corrected chi connectivity index (χ0v) is 16.2. The molecule has 1 unspecified atom stereocenters. The molecule has 1 saturated heterocycles. The molecule has 0 radical (unpaired) electrons. The van der Waals surface area contributed by atoms with Crippen molar-refractivity contribution in [3.63, 3.8) is 0 Å². The second-order valence-electron chi connectivity index (χ2n) is 9.21. The molecule has 0 spiro atoms. The third-order valence-electron chi connectivity index (χ3n) is 7.29. The molecule has 5 fully saturated rings. The van der Waals surface area contributed by atoms with Gasteiger partial charge in [-0.05, 0) is 63.2 Å². The van der Waals surface area contributed by atoms with Crippen LogP contribution in [0.4, 0.5) is 0 Å². The number of hydrogen-bond acceptors (Lipinski definition) is 4. The van der Waals surface area contributed by atoms with Crippen LogP contribution in [0.25, 0.3) is 0 Å². The largest absolute Gasteiger partial charge is 0.375 e. The SMILES string of the molecule is COCC(=O)N1CCN(C(C)C(=O)NC23CC4CC(CC(C4)C2)C3)CC1. The molecule has 1 heterocycles. The first-order valence-electron chi connectivity index (χ1n) is 10.3. The summed E-state index contributed by atoms with van der Waals surface area (Å²) in [6.45, 7) is 5.02. The van der Waals surface area contributed by atoms with Gasteiger partial charge in [-0.2, -0.15) is 0 Å². The number of carbonyl (C=O) groups is 2. The number of nitrogens with one attached hydrogen (secondary N) is 1. The molecule has 0 aromatic rings. The lowest BCUT2D eigenvalue weighted by atomic mass is 9.53. The molecule has 5 rings (SSSR count). The molecule has 146 valence electrons. The average Bonchev–Trinajstić information content (AvgIpc) is 2.60. The van der Waals surface area contributed by atoms with E-state index in [1.165, 1.54) is 38.5 Å². The third-order valence-corrected chi connectivity index (χ3v) is 7.29. The molecule has 2 amide bonds. The maximum atomic E-state index is 13.0. The lowest BCUT2D eigenvalue weighted by molar-refractivity contribution is -0.138. The smallest absolute Gasteiger partial charge is 0.248 e. The standard InChI is InChI=1S/C20H33N3O3/c1-14(22-3-5-23(6-4-22)18(24)13-26-2)19(25)21-20-10-15-7-16(11-20)9-17(8-15)12-20/h14-17H,3-13H2,1-2H3,(H,21,25). The van der Waals surface area contributed by atoms with Gasteiger partial charge in [0.25, 0.3) is 0 Å². The summed E-state index contributed by atoms with van der Waals surface area (Å²) in [5, 5.41) is 3.49. The second-order valence-corrected chi connectivity index (χ2v) is 9.21. The molecule has 4 aliphatic carbocycles. The Morgan fingerprint density at radius 2 is 1.58 bits per heavy atom. The van der Waals surface area contributed by atoms with E-state index in [-0.39, 0.29) is 30.0 Å². The van der Waals surface area contributed by atoms with Crippen LogP contribution in [0.1, 0.15) is 45.4 Å². The van der Waals surface area contributed by atoms with Crippen molar-refractivity contribution in [2.75, 3.05) is 39.9 Å². The monoisotopic (exact) mass is 363 g/mol. The first kappa shape index (κ1) is 18.2. The second kappa shape index (κ2) is 7.12. The fraction of sp³-hybridized carbons (Fsp3) is 0.900. The van der Waals surface area contributed by atoms with E-state index in [1.807, 2.05) is 11.8 Å². The highest BCUT2D eigenvalue weighted by Crippen LogP contribution is 2.55. The molecule has 5 aliphatic rings. The van der Waals surface area contributed by atoms with E-state index in [2.05, 4.69) is 10.2 Å². The lowest BCUT2D eigenvalue weighted by Gasteiger charge is -2.57. The molecule has 0 aromatic heterocycles. The normalized spacial score (nSPS) is 37.6. The van der Waals surface area contributed by atoms with Crippen LogP contribution in [0, 0.1) is 17.8 Å². The van der Waals surface area contributed by atoms with Crippen molar-refractivity contribution in [1.29, 1.82) is 0 Å². The Morgan fingerprint density at radius 3 is 2.08 bits per heavy atom. The molecule has 1 atom stereocenters. The van der Waals surface area contributed by atoms with Gasteiger partial charge in [0.1, 0.15) is 6.61 Å². The zero-order chi connectivity index (χ0) is 18.3. The minimum atomic E-state index is -0.123. The van der Waals surface area contributed by atoms with Crippen LogP contribution >= 0.6 is 0 Å². The fourth-order valence-electron chi connectivity index (χ4n) is 6.37. The third kappa shape index (κ3) is 3.50. The number of piperazine rings is 1. The van der Waals surface area contributed by atoms with E-state index < -0.39 is 0 Å². The van der Waals surface area contributed by atoms with Gasteiger partial charge in [0.15, 0.2) is 0 Å². The van der Waals surface area contributed by atoms with E-state index >= 15 is 0 Å². The summed E-state index contributed by atoms with van der Waals surface area (Å²) in [5.41, 5.74) is 0.0797. The molecule has 26 heavy (non-hydrogen) atoms. The van der Waals surface area contributed by atoms with Crippen LogP contribution in [0.15, 0.2) is 0 Å². The Hall–Kier alpha value is -1.14. The van der Waals surface area contributed by atoms with Crippen molar-refractivity contribution < 1.29 is 14.3 Å².